The standard InChI is InChI=1S/C20H18ClNO5/c1-3-27-18(24)11-22-10-15(12-5-4-6-13(21)7-12)20(25)19-16(22)8-14(26-2)9-17(19)23/h4-10,23H,3,11H2,1-2H3. The van der Waals surface area contributed by atoms with E-state index in [4.69, 9.17) is 21.1 Å². The zero-order chi connectivity index (χ0) is 19.6. The van der Waals surface area contributed by atoms with Crippen LogP contribution in [0.4, 0.5) is 0 Å². The van der Waals surface area contributed by atoms with Crippen molar-refractivity contribution in [3.05, 3.63) is 57.8 Å². The van der Waals surface area contributed by atoms with Crippen LogP contribution in [0.2, 0.25) is 5.02 Å². The van der Waals surface area contributed by atoms with E-state index >= 15 is 0 Å². The van der Waals surface area contributed by atoms with Gasteiger partial charge in [-0.1, -0.05) is 23.7 Å². The number of phenolic OH excluding ortho intramolecular Hbond substituents is 1. The van der Waals surface area contributed by atoms with Crippen LogP contribution in [0, 0.1) is 0 Å². The number of benzene rings is 2. The summed E-state index contributed by atoms with van der Waals surface area (Å²) in [5.41, 5.74) is 0.903. The largest absolute Gasteiger partial charge is 0.507 e. The van der Waals surface area contributed by atoms with Gasteiger partial charge in [-0.2, -0.15) is 0 Å². The second-order valence-corrected chi connectivity index (χ2v) is 6.29. The smallest absolute Gasteiger partial charge is 0.325 e. The lowest BCUT2D eigenvalue weighted by molar-refractivity contribution is -0.143. The average Bonchev–Trinajstić information content (AvgIpc) is 2.63. The second kappa shape index (κ2) is 7.72. The number of aromatic hydroxyl groups is 1. The number of carbonyl (C=O) groups excluding carboxylic acids is 1. The molecule has 1 heterocycles. The Kier molecular flexibility index (Phi) is 5.37. The van der Waals surface area contributed by atoms with Gasteiger partial charge in [-0.05, 0) is 24.6 Å². The molecule has 3 rings (SSSR count). The van der Waals surface area contributed by atoms with E-state index in [-0.39, 0.29) is 29.7 Å². The molecule has 0 atom stereocenters. The quantitative estimate of drug-likeness (QED) is 0.677. The number of hydrogen-bond acceptors (Lipinski definition) is 5. The summed E-state index contributed by atoms with van der Waals surface area (Å²) in [7, 11) is 1.45. The van der Waals surface area contributed by atoms with Crippen molar-refractivity contribution in [3.63, 3.8) is 0 Å². The van der Waals surface area contributed by atoms with Crippen molar-refractivity contribution in [2.75, 3.05) is 13.7 Å². The van der Waals surface area contributed by atoms with E-state index in [1.54, 1.807) is 48.0 Å². The second-order valence-electron chi connectivity index (χ2n) is 5.86. The molecule has 0 aliphatic carbocycles. The molecule has 0 aliphatic rings. The lowest BCUT2D eigenvalue weighted by atomic mass is 10.0. The number of nitrogens with zero attached hydrogens (tertiary/aromatic N) is 1. The molecule has 140 valence electrons. The zero-order valence-corrected chi connectivity index (χ0v) is 15.6. The van der Waals surface area contributed by atoms with Gasteiger partial charge in [0.2, 0.25) is 5.43 Å². The highest BCUT2D eigenvalue weighted by molar-refractivity contribution is 6.30. The topological polar surface area (TPSA) is 77.8 Å². The fraction of sp³-hybridized carbons (Fsp3) is 0.200. The molecule has 7 heteroatoms. The fourth-order valence-electron chi connectivity index (χ4n) is 2.92. The van der Waals surface area contributed by atoms with E-state index in [0.717, 1.165) is 0 Å². The molecule has 0 unspecified atom stereocenters. The van der Waals surface area contributed by atoms with E-state index in [1.165, 1.54) is 13.2 Å². The third-order valence-corrected chi connectivity index (χ3v) is 4.35. The summed E-state index contributed by atoms with van der Waals surface area (Å²) in [6, 6.07) is 9.77. The number of methoxy groups -OCH3 is 1. The number of phenols is 1. The van der Waals surface area contributed by atoms with Crippen LogP contribution in [0.5, 0.6) is 11.5 Å². The predicted octanol–water partition coefficient (Wildman–Crippen LogP) is 3.60. The molecular weight excluding hydrogens is 370 g/mol. The third kappa shape index (κ3) is 3.75. The van der Waals surface area contributed by atoms with Crippen molar-refractivity contribution in [2.24, 2.45) is 0 Å². The molecule has 0 aliphatic heterocycles. The predicted molar refractivity (Wildman–Crippen MR) is 104 cm³/mol. The van der Waals surface area contributed by atoms with Gasteiger partial charge >= 0.3 is 5.97 Å². The Balaban J connectivity index is 2.32. The van der Waals surface area contributed by atoms with Crippen molar-refractivity contribution < 1.29 is 19.4 Å². The van der Waals surface area contributed by atoms with Gasteiger partial charge in [-0.15, -0.1) is 0 Å². The van der Waals surface area contributed by atoms with Gasteiger partial charge in [0.05, 0.1) is 24.6 Å². The first kappa shape index (κ1) is 18.8. The summed E-state index contributed by atoms with van der Waals surface area (Å²) in [4.78, 5) is 25.1. The maximum Gasteiger partial charge on any atom is 0.325 e. The summed E-state index contributed by atoms with van der Waals surface area (Å²) in [5.74, 6) is -0.315. The van der Waals surface area contributed by atoms with Gasteiger partial charge < -0.3 is 19.1 Å². The number of ether oxygens (including phenoxy) is 2. The summed E-state index contributed by atoms with van der Waals surface area (Å²) in [6.07, 6.45) is 1.56. The van der Waals surface area contributed by atoms with Crippen LogP contribution < -0.4 is 10.2 Å². The van der Waals surface area contributed by atoms with E-state index in [9.17, 15) is 14.7 Å². The molecule has 6 nitrogen and oxygen atoms in total. The molecule has 3 aromatic rings. The number of hydrogen-bond donors (Lipinski definition) is 1. The molecule has 0 saturated heterocycles. The van der Waals surface area contributed by atoms with Crippen molar-refractivity contribution in [1.29, 1.82) is 0 Å². The van der Waals surface area contributed by atoms with Gasteiger partial charge in [0.15, 0.2) is 0 Å². The highest BCUT2D eigenvalue weighted by atomic mass is 35.5. The molecule has 27 heavy (non-hydrogen) atoms. The van der Waals surface area contributed by atoms with E-state index in [0.29, 0.717) is 27.4 Å². The molecular formula is C20H18ClNO5. The lowest BCUT2D eigenvalue weighted by Gasteiger charge is -2.15. The van der Waals surface area contributed by atoms with Crippen LogP contribution >= 0.6 is 11.6 Å². The molecule has 2 aromatic carbocycles. The van der Waals surface area contributed by atoms with E-state index < -0.39 is 5.97 Å². The monoisotopic (exact) mass is 387 g/mol. The Bertz CT molecular complexity index is 1070. The van der Waals surface area contributed by atoms with Crippen molar-refractivity contribution >= 4 is 28.5 Å². The number of fused-ring (bicyclic) bond motifs is 1. The van der Waals surface area contributed by atoms with Crippen LogP contribution in [0.25, 0.3) is 22.0 Å². The zero-order valence-electron chi connectivity index (χ0n) is 14.9. The van der Waals surface area contributed by atoms with Crippen LogP contribution in [0.3, 0.4) is 0 Å². The maximum absolute atomic E-state index is 13.1. The van der Waals surface area contributed by atoms with Crippen LogP contribution in [-0.2, 0) is 16.1 Å². The number of halogens is 1. The van der Waals surface area contributed by atoms with E-state index in [2.05, 4.69) is 0 Å². The minimum absolute atomic E-state index is 0.0950. The number of aromatic nitrogens is 1. The highest BCUT2D eigenvalue weighted by Crippen LogP contribution is 2.31. The SMILES string of the molecule is CCOC(=O)Cn1cc(-c2cccc(Cl)c2)c(=O)c2c(O)cc(OC)cc21. The molecule has 1 N–H and O–H groups in total. The Hall–Kier alpha value is -2.99. The normalized spacial score (nSPS) is 10.8. The van der Waals surface area contributed by atoms with Gasteiger partial charge in [0.25, 0.3) is 0 Å². The molecule has 0 spiro atoms. The third-order valence-electron chi connectivity index (χ3n) is 4.11. The summed E-state index contributed by atoms with van der Waals surface area (Å²) >= 11 is 6.05. The summed E-state index contributed by atoms with van der Waals surface area (Å²) < 4.78 is 11.8. The Morgan fingerprint density at radius 2 is 2.04 bits per heavy atom. The van der Waals surface area contributed by atoms with Crippen LogP contribution in [0.15, 0.2) is 47.4 Å². The van der Waals surface area contributed by atoms with Crippen LogP contribution in [0.1, 0.15) is 6.92 Å². The maximum atomic E-state index is 13.1. The average molecular weight is 388 g/mol. The van der Waals surface area contributed by atoms with Crippen molar-refractivity contribution in [1.82, 2.24) is 4.57 Å². The first-order chi connectivity index (χ1) is 12.9. The van der Waals surface area contributed by atoms with Gasteiger partial charge in [0.1, 0.15) is 18.0 Å². The Labute approximate surface area is 160 Å². The number of pyridine rings is 1. The first-order valence-corrected chi connectivity index (χ1v) is 8.68. The van der Waals surface area contributed by atoms with Crippen LogP contribution in [-0.4, -0.2) is 29.4 Å². The number of rotatable bonds is 5. The molecule has 0 bridgehead atoms. The number of esters is 1. The molecule has 0 amide bonds. The van der Waals surface area contributed by atoms with Gasteiger partial charge in [-0.25, -0.2) is 0 Å². The van der Waals surface area contributed by atoms with Crippen molar-refractivity contribution in [3.8, 4) is 22.6 Å². The lowest BCUT2D eigenvalue weighted by Crippen LogP contribution is -2.18. The van der Waals surface area contributed by atoms with Gasteiger partial charge in [-0.3, -0.25) is 9.59 Å². The molecule has 0 radical (unpaired) electrons. The Morgan fingerprint density at radius 1 is 1.26 bits per heavy atom. The molecule has 0 saturated carbocycles. The van der Waals surface area contributed by atoms with E-state index in [1.807, 2.05) is 0 Å². The minimum atomic E-state index is -0.457. The molecule has 1 aromatic heterocycles. The minimum Gasteiger partial charge on any atom is -0.507 e. The summed E-state index contributed by atoms with van der Waals surface area (Å²) in [5, 5.41) is 11.0. The highest BCUT2D eigenvalue weighted by Gasteiger charge is 2.17. The first-order valence-electron chi connectivity index (χ1n) is 8.30. The fourth-order valence-corrected chi connectivity index (χ4v) is 3.11. The van der Waals surface area contributed by atoms with Gasteiger partial charge in [0, 0.05) is 28.9 Å². The summed E-state index contributed by atoms with van der Waals surface area (Å²) in [6.45, 7) is 1.84. The molecule has 0 fully saturated rings. The van der Waals surface area contributed by atoms with Crippen molar-refractivity contribution in [2.45, 2.75) is 13.5 Å². The number of carbonyl (C=O) groups is 1. The Morgan fingerprint density at radius 3 is 2.70 bits per heavy atom.